The molecule has 0 aliphatic carbocycles. The number of carbonyl (C=O) groups excluding carboxylic acids is 3. The first-order valence-electron chi connectivity index (χ1n) is 14.0. The number of aryl methyl sites for hydroxylation is 1. The van der Waals surface area contributed by atoms with Crippen LogP contribution in [-0.2, 0) is 22.6 Å². The van der Waals surface area contributed by atoms with E-state index in [0.29, 0.717) is 38.4 Å². The van der Waals surface area contributed by atoms with Crippen LogP contribution < -0.4 is 0 Å². The van der Waals surface area contributed by atoms with Crippen molar-refractivity contribution >= 4 is 46.2 Å². The Balaban J connectivity index is 1.23. The van der Waals surface area contributed by atoms with E-state index in [1.807, 2.05) is 18.2 Å². The van der Waals surface area contributed by atoms with Gasteiger partial charge in [-0.15, -0.1) is 0 Å². The van der Waals surface area contributed by atoms with E-state index in [1.54, 1.807) is 72.5 Å². The summed E-state index contributed by atoms with van der Waals surface area (Å²) in [5.41, 5.74) is 3.84. The Morgan fingerprint density at radius 1 is 0.977 bits per heavy atom. The maximum absolute atomic E-state index is 15.5. The zero-order valence-corrected chi connectivity index (χ0v) is 24.8. The van der Waals surface area contributed by atoms with Crippen LogP contribution in [0.15, 0.2) is 84.4 Å². The van der Waals surface area contributed by atoms with Crippen molar-refractivity contribution < 1.29 is 18.8 Å². The number of amides is 1. The van der Waals surface area contributed by atoms with Crippen molar-refractivity contribution in [1.29, 1.82) is 0 Å². The van der Waals surface area contributed by atoms with Crippen molar-refractivity contribution in [2.45, 2.75) is 39.3 Å². The maximum atomic E-state index is 15.5. The molecule has 0 saturated heterocycles. The fourth-order valence-electron chi connectivity index (χ4n) is 5.48. The third kappa shape index (κ3) is 5.54. The summed E-state index contributed by atoms with van der Waals surface area (Å²) < 4.78 is 17.2. The number of fused-ring (bicyclic) bond motifs is 1. The van der Waals surface area contributed by atoms with Gasteiger partial charge in [0.05, 0.1) is 0 Å². The number of Topliss-reactive ketones (excluding diaryl/α,β-unsaturated/α-hetero) is 2. The second-order valence-corrected chi connectivity index (χ2v) is 11.1. The van der Waals surface area contributed by atoms with E-state index in [0.717, 1.165) is 16.1 Å². The molecule has 0 saturated carbocycles. The van der Waals surface area contributed by atoms with Crippen LogP contribution in [0.2, 0.25) is 5.02 Å². The Morgan fingerprint density at radius 3 is 2.48 bits per heavy atom. The van der Waals surface area contributed by atoms with Crippen LogP contribution in [0.3, 0.4) is 0 Å². The number of ketones is 2. The molecule has 2 aromatic heterocycles. The highest BCUT2D eigenvalue weighted by Gasteiger charge is 2.33. The van der Waals surface area contributed by atoms with Crippen molar-refractivity contribution in [2.24, 2.45) is 5.10 Å². The summed E-state index contributed by atoms with van der Waals surface area (Å²) in [7, 11) is 0. The highest BCUT2D eigenvalue weighted by molar-refractivity contribution is 6.33. The number of hydrogen-bond donors (Lipinski definition) is 0. The summed E-state index contributed by atoms with van der Waals surface area (Å²) in [6.45, 7) is 3.13. The average Bonchev–Trinajstić information content (AvgIpc) is 3.65. The first-order chi connectivity index (χ1) is 21.2. The van der Waals surface area contributed by atoms with Crippen LogP contribution in [-0.4, -0.2) is 49.3 Å². The maximum Gasteiger partial charge on any atom is 0.263 e. The third-order valence-electron chi connectivity index (χ3n) is 7.74. The third-order valence-corrected chi connectivity index (χ3v) is 8.07. The second-order valence-electron chi connectivity index (χ2n) is 10.7. The van der Waals surface area contributed by atoms with Crippen molar-refractivity contribution in [3.05, 3.63) is 107 Å². The summed E-state index contributed by atoms with van der Waals surface area (Å²) in [4.78, 5) is 48.0. The van der Waals surface area contributed by atoms with Gasteiger partial charge in [-0.2, -0.15) is 5.10 Å². The summed E-state index contributed by atoms with van der Waals surface area (Å²) >= 11 is 6.29. The average molecular weight is 608 g/mol. The molecular weight excluding hydrogens is 581 g/mol. The Hall–Kier alpha value is -5.02. The first-order valence-corrected chi connectivity index (χ1v) is 14.4. The number of carbonyl (C=O) groups is 3. The standard InChI is InChI=1S/C34H27ClFN5O3/c1-20(42)28-18-40(30-11-10-22(14-27(28)30)24-16-37-21(2)38-17-24)19-33(44)41-31(12-13-39-41)32(43)15-23-6-5-8-26(34(23)36)25-7-3-4-9-29(25)35/h3-11,13-14,16-18,31H,12,15,19H2,1-2H3. The molecule has 44 heavy (non-hydrogen) atoms. The molecule has 1 unspecified atom stereocenters. The molecule has 220 valence electrons. The van der Waals surface area contributed by atoms with Gasteiger partial charge in [0.2, 0.25) is 0 Å². The van der Waals surface area contributed by atoms with Gasteiger partial charge in [-0.05, 0) is 43.2 Å². The van der Waals surface area contributed by atoms with E-state index in [2.05, 4.69) is 15.1 Å². The number of halogens is 2. The smallest absolute Gasteiger partial charge is 0.263 e. The molecule has 0 N–H and O–H groups in total. The largest absolute Gasteiger partial charge is 0.337 e. The molecule has 8 nitrogen and oxygen atoms in total. The summed E-state index contributed by atoms with van der Waals surface area (Å²) in [6.07, 6.45) is 6.61. The van der Waals surface area contributed by atoms with Gasteiger partial charge in [-0.1, -0.05) is 54.1 Å². The van der Waals surface area contributed by atoms with Gasteiger partial charge < -0.3 is 4.57 Å². The van der Waals surface area contributed by atoms with Gasteiger partial charge >= 0.3 is 0 Å². The molecule has 1 amide bonds. The van der Waals surface area contributed by atoms with E-state index in [-0.39, 0.29) is 36.5 Å². The van der Waals surface area contributed by atoms with Gasteiger partial charge in [0.15, 0.2) is 11.6 Å². The van der Waals surface area contributed by atoms with E-state index < -0.39 is 17.8 Å². The van der Waals surface area contributed by atoms with E-state index in [9.17, 15) is 14.4 Å². The minimum atomic E-state index is -0.867. The Morgan fingerprint density at radius 2 is 1.73 bits per heavy atom. The lowest BCUT2D eigenvalue weighted by atomic mass is 9.97. The van der Waals surface area contributed by atoms with E-state index >= 15 is 4.39 Å². The quantitative estimate of drug-likeness (QED) is 0.188. The fourth-order valence-corrected chi connectivity index (χ4v) is 5.72. The van der Waals surface area contributed by atoms with Crippen molar-refractivity contribution in [3.63, 3.8) is 0 Å². The molecule has 1 aliphatic heterocycles. The van der Waals surface area contributed by atoms with Crippen molar-refractivity contribution in [3.8, 4) is 22.3 Å². The molecule has 3 heterocycles. The lowest BCUT2D eigenvalue weighted by Crippen LogP contribution is -2.41. The minimum absolute atomic E-state index is 0.145. The molecule has 10 heteroatoms. The van der Waals surface area contributed by atoms with Crippen LogP contribution in [0.4, 0.5) is 4.39 Å². The molecule has 0 spiro atoms. The molecule has 5 aromatic rings. The van der Waals surface area contributed by atoms with Gasteiger partial charge in [0.25, 0.3) is 5.91 Å². The summed E-state index contributed by atoms with van der Waals surface area (Å²) in [6, 6.07) is 16.5. The van der Waals surface area contributed by atoms with Crippen molar-refractivity contribution in [1.82, 2.24) is 19.5 Å². The molecule has 3 aromatic carbocycles. The van der Waals surface area contributed by atoms with Crippen LogP contribution in [0.5, 0.6) is 0 Å². The highest BCUT2D eigenvalue weighted by Crippen LogP contribution is 2.32. The predicted molar refractivity (Wildman–Crippen MR) is 167 cm³/mol. The molecule has 0 radical (unpaired) electrons. The molecule has 0 fully saturated rings. The molecular formula is C34H27ClFN5O3. The lowest BCUT2D eigenvalue weighted by Gasteiger charge is -2.21. The zero-order chi connectivity index (χ0) is 31.0. The van der Waals surface area contributed by atoms with E-state index in [4.69, 9.17) is 11.6 Å². The Kier molecular flexibility index (Phi) is 7.88. The number of hydrogen-bond acceptors (Lipinski definition) is 6. The number of aromatic nitrogens is 3. The van der Waals surface area contributed by atoms with Crippen LogP contribution in [0, 0.1) is 12.7 Å². The minimum Gasteiger partial charge on any atom is -0.337 e. The normalized spacial score (nSPS) is 14.4. The van der Waals surface area contributed by atoms with E-state index in [1.165, 1.54) is 13.1 Å². The number of benzene rings is 3. The van der Waals surface area contributed by atoms with Crippen LogP contribution in [0.25, 0.3) is 33.2 Å². The number of hydrazone groups is 1. The van der Waals surface area contributed by atoms with Crippen LogP contribution in [0.1, 0.15) is 35.1 Å². The fraction of sp³-hybridized carbons (Fsp3) is 0.176. The molecule has 0 bridgehead atoms. The van der Waals surface area contributed by atoms with Gasteiger partial charge in [0, 0.05) is 75.8 Å². The monoisotopic (exact) mass is 607 g/mol. The Bertz CT molecular complexity index is 1970. The lowest BCUT2D eigenvalue weighted by molar-refractivity contribution is -0.138. The first kappa shape index (κ1) is 29.1. The number of rotatable bonds is 8. The highest BCUT2D eigenvalue weighted by atomic mass is 35.5. The van der Waals surface area contributed by atoms with Gasteiger partial charge in [-0.3, -0.25) is 14.4 Å². The van der Waals surface area contributed by atoms with Gasteiger partial charge in [-0.25, -0.2) is 19.4 Å². The van der Waals surface area contributed by atoms with Crippen LogP contribution >= 0.6 is 11.6 Å². The zero-order valence-electron chi connectivity index (χ0n) is 24.0. The summed E-state index contributed by atoms with van der Waals surface area (Å²) in [5.74, 6) is -0.783. The van der Waals surface area contributed by atoms with Gasteiger partial charge in [0.1, 0.15) is 24.2 Å². The number of nitrogens with zero attached hydrogens (tertiary/aromatic N) is 5. The van der Waals surface area contributed by atoms with Crippen molar-refractivity contribution in [2.75, 3.05) is 0 Å². The predicted octanol–water partition coefficient (Wildman–Crippen LogP) is 6.47. The second kappa shape index (κ2) is 11.9. The SMILES string of the molecule is CC(=O)c1cn(CC(=O)N2N=CCC2C(=O)Cc2cccc(-c3ccccc3Cl)c2F)c2ccc(-c3cnc(C)nc3)cc12. The Labute approximate surface area is 257 Å². The molecule has 1 atom stereocenters. The topological polar surface area (TPSA) is 97.5 Å². The molecule has 6 rings (SSSR count). The molecule has 1 aliphatic rings. The summed E-state index contributed by atoms with van der Waals surface area (Å²) in [5, 5.41) is 6.45.